The van der Waals surface area contributed by atoms with Crippen molar-refractivity contribution in [2.45, 2.75) is 12.5 Å². The van der Waals surface area contributed by atoms with Crippen LogP contribution in [0.3, 0.4) is 0 Å². The van der Waals surface area contributed by atoms with Crippen LogP contribution in [0.25, 0.3) is 11.0 Å². The molecule has 1 atom stereocenters. The van der Waals surface area contributed by atoms with Crippen LogP contribution in [-0.2, 0) is 9.53 Å². The lowest BCUT2D eigenvalue weighted by Crippen LogP contribution is -2.30. The van der Waals surface area contributed by atoms with Gasteiger partial charge >= 0.3 is 5.97 Å². The van der Waals surface area contributed by atoms with Crippen molar-refractivity contribution in [3.8, 4) is 0 Å². The van der Waals surface area contributed by atoms with Gasteiger partial charge in [-0.3, -0.25) is 4.79 Å². The highest BCUT2D eigenvalue weighted by Gasteiger charge is 2.16. The number of hydrogen-bond donors (Lipinski definition) is 1. The summed E-state index contributed by atoms with van der Waals surface area (Å²) >= 11 is 0. The van der Waals surface area contributed by atoms with Crippen molar-refractivity contribution in [3.63, 3.8) is 0 Å². The number of ether oxygens (including phenoxy) is 1. The molecule has 0 spiro atoms. The van der Waals surface area contributed by atoms with Crippen molar-refractivity contribution in [1.82, 2.24) is 0 Å². The van der Waals surface area contributed by atoms with Crippen LogP contribution < -0.4 is 4.90 Å². The fraction of sp³-hybridized carbons (Fsp3) is 0.357. The molecule has 0 saturated carbocycles. The summed E-state index contributed by atoms with van der Waals surface area (Å²) in [6.45, 7) is 0.332. The summed E-state index contributed by atoms with van der Waals surface area (Å²) < 4.78 is 9.97. The van der Waals surface area contributed by atoms with Crippen LogP contribution in [0.5, 0.6) is 0 Å². The molecule has 0 radical (unpaired) electrons. The number of anilines is 1. The number of carbonyl (C=O) groups is 1. The first-order valence-corrected chi connectivity index (χ1v) is 6.04. The Labute approximate surface area is 111 Å². The van der Waals surface area contributed by atoms with Gasteiger partial charge in [0.2, 0.25) is 0 Å². The predicted molar refractivity (Wildman–Crippen MR) is 72.1 cm³/mol. The molecule has 0 saturated heterocycles. The molecule has 1 N–H and O–H groups in total. The molecule has 0 aliphatic rings. The Morgan fingerprint density at radius 1 is 1.47 bits per heavy atom. The number of nitrogens with zero attached hydrogens (tertiary/aromatic N) is 1. The zero-order valence-electron chi connectivity index (χ0n) is 11.0. The Hall–Kier alpha value is -2.01. The number of hydrogen-bond acceptors (Lipinski definition) is 5. The van der Waals surface area contributed by atoms with Crippen molar-refractivity contribution in [2.24, 2.45) is 0 Å². The lowest BCUT2D eigenvalue weighted by molar-refractivity contribution is -0.142. The topological polar surface area (TPSA) is 62.9 Å². The van der Waals surface area contributed by atoms with Crippen LogP contribution in [-0.4, -0.2) is 37.9 Å². The Morgan fingerprint density at radius 3 is 2.95 bits per heavy atom. The smallest absolute Gasteiger partial charge is 0.308 e. The molecule has 0 amide bonds. The number of benzene rings is 1. The van der Waals surface area contributed by atoms with Gasteiger partial charge in [0.05, 0.1) is 25.3 Å². The van der Waals surface area contributed by atoms with E-state index in [4.69, 9.17) is 4.42 Å². The van der Waals surface area contributed by atoms with E-state index in [2.05, 4.69) is 4.74 Å². The summed E-state index contributed by atoms with van der Waals surface area (Å²) in [4.78, 5) is 12.9. The second-order valence-corrected chi connectivity index (χ2v) is 4.43. The van der Waals surface area contributed by atoms with Crippen LogP contribution in [0.4, 0.5) is 5.69 Å². The van der Waals surface area contributed by atoms with Gasteiger partial charge in [-0.1, -0.05) is 12.1 Å². The zero-order chi connectivity index (χ0) is 13.8. The van der Waals surface area contributed by atoms with E-state index in [1.165, 1.54) is 7.11 Å². The molecule has 1 aromatic carbocycles. The lowest BCUT2D eigenvalue weighted by Gasteiger charge is -2.20. The molecule has 5 heteroatoms. The first kappa shape index (κ1) is 13.4. The van der Waals surface area contributed by atoms with Gasteiger partial charge in [-0.25, -0.2) is 0 Å². The summed E-state index contributed by atoms with van der Waals surface area (Å²) in [6.07, 6.45) is 0.859. The maximum absolute atomic E-state index is 11.1. The van der Waals surface area contributed by atoms with Gasteiger partial charge in [0.25, 0.3) is 0 Å². The van der Waals surface area contributed by atoms with E-state index in [0.717, 1.165) is 16.7 Å². The third-order valence-electron chi connectivity index (χ3n) is 2.99. The molecule has 2 aromatic rings. The Morgan fingerprint density at radius 2 is 2.21 bits per heavy atom. The molecule has 19 heavy (non-hydrogen) atoms. The molecule has 0 bridgehead atoms. The van der Waals surface area contributed by atoms with Crippen molar-refractivity contribution in [1.29, 1.82) is 0 Å². The van der Waals surface area contributed by atoms with Crippen molar-refractivity contribution in [3.05, 3.63) is 30.5 Å². The highest BCUT2D eigenvalue weighted by Crippen LogP contribution is 2.28. The number of furan rings is 1. The zero-order valence-corrected chi connectivity index (χ0v) is 11.0. The van der Waals surface area contributed by atoms with Crippen molar-refractivity contribution < 1.29 is 19.1 Å². The largest absolute Gasteiger partial charge is 0.469 e. The van der Waals surface area contributed by atoms with Gasteiger partial charge in [0.1, 0.15) is 11.8 Å². The molecule has 1 heterocycles. The second kappa shape index (κ2) is 5.75. The van der Waals surface area contributed by atoms with Crippen LogP contribution in [0.1, 0.15) is 6.42 Å². The van der Waals surface area contributed by atoms with Gasteiger partial charge in [-0.2, -0.15) is 0 Å². The average Bonchev–Trinajstić information content (AvgIpc) is 2.82. The first-order chi connectivity index (χ1) is 9.11. The van der Waals surface area contributed by atoms with E-state index in [9.17, 15) is 9.90 Å². The molecule has 0 aliphatic heterocycles. The quantitative estimate of drug-likeness (QED) is 0.833. The normalized spacial score (nSPS) is 12.4. The minimum absolute atomic E-state index is 0.0172. The maximum atomic E-state index is 11.1. The fourth-order valence-corrected chi connectivity index (χ4v) is 2.01. The number of carbonyl (C=O) groups excluding carboxylic acids is 1. The molecule has 1 aromatic heterocycles. The van der Waals surface area contributed by atoms with E-state index < -0.39 is 12.1 Å². The number of fused-ring (bicyclic) bond motifs is 1. The maximum Gasteiger partial charge on any atom is 0.308 e. The fourth-order valence-electron chi connectivity index (χ4n) is 2.01. The minimum Gasteiger partial charge on any atom is -0.469 e. The summed E-state index contributed by atoms with van der Waals surface area (Å²) in [5.74, 6) is -0.419. The number of likely N-dealkylation sites (N-methyl/N-ethyl adjacent to an activating group) is 1. The molecule has 1 unspecified atom stereocenters. The van der Waals surface area contributed by atoms with E-state index in [0.29, 0.717) is 6.54 Å². The third-order valence-corrected chi connectivity index (χ3v) is 2.99. The molecule has 2 rings (SSSR count). The van der Waals surface area contributed by atoms with Gasteiger partial charge in [-0.15, -0.1) is 0 Å². The molecular formula is C14H17NO4. The van der Waals surface area contributed by atoms with E-state index in [1.54, 1.807) is 6.26 Å². The van der Waals surface area contributed by atoms with Crippen LogP contribution in [0, 0.1) is 0 Å². The third kappa shape index (κ3) is 3.06. The van der Waals surface area contributed by atoms with E-state index in [-0.39, 0.29) is 6.42 Å². The molecule has 102 valence electrons. The highest BCUT2D eigenvalue weighted by atomic mass is 16.5. The van der Waals surface area contributed by atoms with Crippen molar-refractivity contribution in [2.75, 3.05) is 25.6 Å². The summed E-state index contributed by atoms with van der Waals surface area (Å²) in [5.41, 5.74) is 1.69. The summed E-state index contributed by atoms with van der Waals surface area (Å²) in [6, 6.07) is 7.68. The second-order valence-electron chi connectivity index (χ2n) is 4.43. The first-order valence-electron chi connectivity index (χ1n) is 6.04. The average molecular weight is 263 g/mol. The van der Waals surface area contributed by atoms with Crippen molar-refractivity contribution >= 4 is 22.6 Å². The Kier molecular flexibility index (Phi) is 4.06. The number of para-hydroxylation sites is 1. The summed E-state index contributed by atoms with van der Waals surface area (Å²) in [7, 11) is 3.15. The monoisotopic (exact) mass is 263 g/mol. The number of rotatable bonds is 5. The van der Waals surface area contributed by atoms with Crippen LogP contribution in [0.2, 0.25) is 0 Å². The molecule has 5 nitrogen and oxygen atoms in total. The standard InChI is InChI=1S/C14H17NO4/c1-15(8-10(16)7-14(17)18-2)12-9-19-13-6-4-3-5-11(12)13/h3-6,9-10,16H,7-8H2,1-2H3. The predicted octanol–water partition coefficient (Wildman–Crippen LogP) is 1.79. The summed E-state index contributed by atoms with van der Waals surface area (Å²) in [5, 5.41) is 10.8. The van der Waals surface area contributed by atoms with E-state index >= 15 is 0 Å². The van der Waals surface area contributed by atoms with Gasteiger partial charge in [0.15, 0.2) is 0 Å². The molecular weight excluding hydrogens is 246 g/mol. The number of methoxy groups -OCH3 is 1. The lowest BCUT2D eigenvalue weighted by atomic mass is 10.2. The van der Waals surface area contributed by atoms with Gasteiger partial charge in [0, 0.05) is 19.0 Å². The SMILES string of the molecule is COC(=O)CC(O)CN(C)c1coc2ccccc12. The number of aliphatic hydroxyl groups excluding tert-OH is 1. The van der Waals surface area contributed by atoms with Crippen LogP contribution in [0.15, 0.2) is 34.9 Å². The Bertz CT molecular complexity index is 563. The van der Waals surface area contributed by atoms with Gasteiger partial charge in [-0.05, 0) is 12.1 Å². The minimum atomic E-state index is -0.772. The van der Waals surface area contributed by atoms with E-state index in [1.807, 2.05) is 36.2 Å². The number of aliphatic hydroxyl groups is 1. The molecule has 0 fully saturated rings. The molecule has 0 aliphatic carbocycles. The number of esters is 1. The Balaban J connectivity index is 2.07. The highest BCUT2D eigenvalue weighted by molar-refractivity contribution is 5.90. The van der Waals surface area contributed by atoms with Gasteiger partial charge < -0.3 is 19.2 Å². The van der Waals surface area contributed by atoms with Crippen LogP contribution >= 0.6 is 0 Å².